The quantitative estimate of drug-likeness (QED) is 0.319. The van der Waals surface area contributed by atoms with Crippen molar-refractivity contribution in [2.45, 2.75) is 17.4 Å². The molecule has 0 radical (unpaired) electrons. The molecule has 2 aromatic heterocycles. The molecule has 0 bridgehead atoms. The number of benzene rings is 1. The minimum atomic E-state index is -0.438. The fourth-order valence-electron chi connectivity index (χ4n) is 2.40. The number of non-ortho nitro benzene ring substituents is 1. The monoisotopic (exact) mass is 357 g/mol. The maximum absolute atomic E-state index is 12.4. The zero-order valence-electron chi connectivity index (χ0n) is 13.2. The summed E-state index contributed by atoms with van der Waals surface area (Å²) in [5.41, 5.74) is 0.734. The van der Waals surface area contributed by atoms with Gasteiger partial charge in [-0.3, -0.25) is 14.9 Å². The average molecular weight is 357 g/mol. The first kappa shape index (κ1) is 17.0. The average Bonchev–Trinajstić information content (AvgIpc) is 3.31. The van der Waals surface area contributed by atoms with Gasteiger partial charge >= 0.3 is 0 Å². The first-order chi connectivity index (χ1) is 12.1. The van der Waals surface area contributed by atoms with Crippen LogP contribution in [0.2, 0.25) is 0 Å². The maximum atomic E-state index is 12.4. The van der Waals surface area contributed by atoms with E-state index in [1.54, 1.807) is 36.6 Å². The second-order valence-electron chi connectivity index (χ2n) is 5.34. The molecule has 1 unspecified atom stereocenters. The highest BCUT2D eigenvalue weighted by Crippen LogP contribution is 2.37. The van der Waals surface area contributed by atoms with Crippen molar-refractivity contribution >= 4 is 23.2 Å². The largest absolute Gasteiger partial charge is 0.468 e. The lowest BCUT2D eigenvalue weighted by Crippen LogP contribution is -2.05. The van der Waals surface area contributed by atoms with Gasteiger partial charge in [0.25, 0.3) is 5.69 Å². The first-order valence-electron chi connectivity index (χ1n) is 7.58. The molecule has 25 heavy (non-hydrogen) atoms. The molecule has 1 atom stereocenters. The Morgan fingerprint density at radius 1 is 1.12 bits per heavy atom. The van der Waals surface area contributed by atoms with Gasteiger partial charge in [-0.15, -0.1) is 11.8 Å². The van der Waals surface area contributed by atoms with E-state index < -0.39 is 4.92 Å². The Hall–Kier alpha value is -2.80. The number of furan rings is 2. The molecule has 128 valence electrons. The molecule has 0 aliphatic rings. The number of hydrogen-bond acceptors (Lipinski definition) is 6. The summed E-state index contributed by atoms with van der Waals surface area (Å²) in [5.74, 6) is 1.49. The number of Topliss-reactive ketones (excluding diaryl/α,β-unsaturated/α-hetero) is 1. The standard InChI is InChI=1S/C18H15NO5S/c20-16(17-7-3-9-24-17)11-18(25-12-15-6-2-8-23-15)13-4-1-5-14(10-13)19(21)22/h1-10,18H,11-12H2. The lowest BCUT2D eigenvalue weighted by molar-refractivity contribution is -0.384. The number of nitrogens with zero attached hydrogens (tertiary/aromatic N) is 1. The molecule has 0 N–H and O–H groups in total. The molecule has 6 nitrogen and oxygen atoms in total. The van der Waals surface area contributed by atoms with Crippen molar-refractivity contribution in [3.63, 3.8) is 0 Å². The number of carbonyl (C=O) groups is 1. The Kier molecular flexibility index (Phi) is 5.35. The molecule has 0 aliphatic carbocycles. The molecule has 3 rings (SSSR count). The van der Waals surface area contributed by atoms with E-state index in [9.17, 15) is 14.9 Å². The van der Waals surface area contributed by atoms with Crippen LogP contribution >= 0.6 is 11.8 Å². The minimum absolute atomic E-state index is 0.00606. The summed E-state index contributed by atoms with van der Waals surface area (Å²) < 4.78 is 10.5. The van der Waals surface area contributed by atoms with Crippen molar-refractivity contribution in [1.82, 2.24) is 0 Å². The van der Waals surface area contributed by atoms with Gasteiger partial charge in [-0.1, -0.05) is 12.1 Å². The first-order valence-corrected chi connectivity index (χ1v) is 8.63. The number of nitro groups is 1. The number of nitro benzene ring substituents is 1. The molecule has 7 heteroatoms. The normalized spacial score (nSPS) is 12.0. The summed E-state index contributed by atoms with van der Waals surface area (Å²) in [4.78, 5) is 23.0. The van der Waals surface area contributed by atoms with Crippen LogP contribution in [0.15, 0.2) is 69.9 Å². The lowest BCUT2D eigenvalue weighted by Gasteiger charge is -2.15. The van der Waals surface area contributed by atoms with Crippen LogP contribution in [0.1, 0.15) is 33.5 Å². The van der Waals surface area contributed by atoms with Crippen LogP contribution < -0.4 is 0 Å². The van der Waals surface area contributed by atoms with Crippen molar-refractivity contribution in [3.8, 4) is 0 Å². The van der Waals surface area contributed by atoms with E-state index in [1.807, 2.05) is 6.07 Å². The van der Waals surface area contributed by atoms with Crippen LogP contribution in [0, 0.1) is 10.1 Å². The summed E-state index contributed by atoms with van der Waals surface area (Å²) in [6.45, 7) is 0. The highest BCUT2D eigenvalue weighted by atomic mass is 32.2. The third kappa shape index (κ3) is 4.39. The molecule has 0 fully saturated rings. The van der Waals surface area contributed by atoms with Gasteiger partial charge in [0.1, 0.15) is 5.76 Å². The molecule has 0 saturated heterocycles. The Balaban J connectivity index is 1.81. The van der Waals surface area contributed by atoms with E-state index in [0.29, 0.717) is 5.75 Å². The van der Waals surface area contributed by atoms with E-state index >= 15 is 0 Å². The van der Waals surface area contributed by atoms with Gasteiger partial charge in [0.2, 0.25) is 0 Å². The number of rotatable bonds is 8. The van der Waals surface area contributed by atoms with Gasteiger partial charge in [0, 0.05) is 23.8 Å². The minimum Gasteiger partial charge on any atom is -0.468 e. The fraction of sp³-hybridized carbons (Fsp3) is 0.167. The van der Waals surface area contributed by atoms with Gasteiger partial charge in [0.15, 0.2) is 11.5 Å². The van der Waals surface area contributed by atoms with Crippen LogP contribution in [0.25, 0.3) is 0 Å². The Labute approximate surface area is 148 Å². The molecule has 0 aliphatic heterocycles. The topological polar surface area (TPSA) is 86.5 Å². The molecule has 2 heterocycles. The van der Waals surface area contributed by atoms with Crippen molar-refractivity contribution in [2.75, 3.05) is 0 Å². The van der Waals surface area contributed by atoms with E-state index in [4.69, 9.17) is 8.83 Å². The Morgan fingerprint density at radius 2 is 1.92 bits per heavy atom. The van der Waals surface area contributed by atoms with Gasteiger partial charge in [-0.05, 0) is 29.8 Å². The smallest absolute Gasteiger partial charge is 0.269 e. The third-order valence-corrected chi connectivity index (χ3v) is 4.92. The zero-order valence-corrected chi connectivity index (χ0v) is 14.0. The van der Waals surface area contributed by atoms with Gasteiger partial charge < -0.3 is 8.83 Å². The second-order valence-corrected chi connectivity index (χ2v) is 6.53. The van der Waals surface area contributed by atoms with Crippen LogP contribution in [0.5, 0.6) is 0 Å². The van der Waals surface area contributed by atoms with Crippen molar-refractivity contribution in [3.05, 3.63) is 88.3 Å². The number of hydrogen-bond donors (Lipinski definition) is 0. The second kappa shape index (κ2) is 7.85. The van der Waals surface area contributed by atoms with Gasteiger partial charge in [0.05, 0.1) is 23.2 Å². The van der Waals surface area contributed by atoms with Crippen molar-refractivity contribution < 1.29 is 18.6 Å². The molecule has 1 aromatic carbocycles. The van der Waals surface area contributed by atoms with E-state index in [1.165, 1.54) is 30.2 Å². The van der Waals surface area contributed by atoms with Crippen LogP contribution in [0.3, 0.4) is 0 Å². The molecular formula is C18H15NO5S. The summed E-state index contributed by atoms with van der Waals surface area (Å²) in [6.07, 6.45) is 3.22. The predicted octanol–water partition coefficient (Wildman–Crippen LogP) is 5.03. The highest BCUT2D eigenvalue weighted by Gasteiger charge is 2.21. The number of ketones is 1. The summed E-state index contributed by atoms with van der Waals surface area (Å²) in [7, 11) is 0. The molecule has 0 amide bonds. The van der Waals surface area contributed by atoms with Crippen LogP contribution in [-0.2, 0) is 5.75 Å². The molecule has 0 spiro atoms. The van der Waals surface area contributed by atoms with Crippen molar-refractivity contribution in [2.24, 2.45) is 0 Å². The van der Waals surface area contributed by atoms with E-state index in [2.05, 4.69) is 0 Å². The predicted molar refractivity (Wildman–Crippen MR) is 93.5 cm³/mol. The maximum Gasteiger partial charge on any atom is 0.269 e. The van der Waals surface area contributed by atoms with Crippen LogP contribution in [-0.4, -0.2) is 10.7 Å². The Bertz CT molecular complexity index is 842. The number of thioether (sulfide) groups is 1. The summed E-state index contributed by atoms with van der Waals surface area (Å²) >= 11 is 1.50. The summed E-state index contributed by atoms with van der Waals surface area (Å²) in [6, 6.07) is 13.3. The SMILES string of the molecule is O=C(CC(SCc1ccco1)c1cccc([N+](=O)[O-])c1)c1ccco1. The van der Waals surface area contributed by atoms with Crippen molar-refractivity contribution in [1.29, 1.82) is 0 Å². The number of carbonyl (C=O) groups excluding carboxylic acids is 1. The Morgan fingerprint density at radius 3 is 2.60 bits per heavy atom. The highest BCUT2D eigenvalue weighted by molar-refractivity contribution is 7.98. The van der Waals surface area contributed by atoms with Crippen LogP contribution in [0.4, 0.5) is 5.69 Å². The van der Waals surface area contributed by atoms with Gasteiger partial charge in [-0.2, -0.15) is 0 Å². The van der Waals surface area contributed by atoms with E-state index in [-0.39, 0.29) is 28.9 Å². The molecule has 3 aromatic rings. The van der Waals surface area contributed by atoms with E-state index in [0.717, 1.165) is 11.3 Å². The zero-order chi connectivity index (χ0) is 17.6. The van der Waals surface area contributed by atoms with Gasteiger partial charge in [-0.25, -0.2) is 0 Å². The summed E-state index contributed by atoms with van der Waals surface area (Å²) in [5, 5.41) is 10.8. The lowest BCUT2D eigenvalue weighted by atomic mass is 10.1. The third-order valence-electron chi connectivity index (χ3n) is 3.63. The molecule has 0 saturated carbocycles. The fourth-order valence-corrected chi connectivity index (χ4v) is 3.53. The molecular weight excluding hydrogens is 342 g/mol.